The summed E-state index contributed by atoms with van der Waals surface area (Å²) in [6.07, 6.45) is 1.03. The molecule has 21 heavy (non-hydrogen) atoms. The zero-order valence-electron chi connectivity index (χ0n) is 12.7. The van der Waals surface area contributed by atoms with Crippen molar-refractivity contribution >= 4 is 21.9 Å². The van der Waals surface area contributed by atoms with E-state index in [1.807, 2.05) is 38.1 Å². The molecule has 1 aromatic carbocycles. The zero-order valence-corrected chi connectivity index (χ0v) is 14.3. The van der Waals surface area contributed by atoms with Gasteiger partial charge in [0.25, 0.3) is 0 Å². The molecule has 0 saturated carbocycles. The van der Waals surface area contributed by atoms with Crippen molar-refractivity contribution < 1.29 is 9.53 Å². The fourth-order valence-corrected chi connectivity index (χ4v) is 3.18. The second-order valence-electron chi connectivity index (χ2n) is 5.39. The van der Waals surface area contributed by atoms with Gasteiger partial charge in [-0.3, -0.25) is 4.90 Å². The van der Waals surface area contributed by atoms with E-state index in [4.69, 9.17) is 4.74 Å². The summed E-state index contributed by atoms with van der Waals surface area (Å²) in [6, 6.07) is 7.95. The number of hydrogen-bond donors (Lipinski definition) is 1. The van der Waals surface area contributed by atoms with Crippen molar-refractivity contribution in [2.45, 2.75) is 25.8 Å². The summed E-state index contributed by atoms with van der Waals surface area (Å²) in [5, 5.41) is 3.38. The van der Waals surface area contributed by atoms with E-state index in [1.165, 1.54) is 0 Å². The lowest BCUT2D eigenvalue weighted by Crippen LogP contribution is -2.52. The van der Waals surface area contributed by atoms with Crippen LogP contribution in [0.2, 0.25) is 0 Å². The number of carbonyl (C=O) groups is 1. The molecule has 1 fully saturated rings. The second kappa shape index (κ2) is 7.38. The number of carbonyl (C=O) groups excluding carboxylic acids is 1. The van der Waals surface area contributed by atoms with Crippen molar-refractivity contribution in [2.24, 2.45) is 0 Å². The van der Waals surface area contributed by atoms with E-state index in [0.29, 0.717) is 6.61 Å². The molecule has 5 heteroatoms. The molecule has 1 aliphatic rings. The summed E-state index contributed by atoms with van der Waals surface area (Å²) in [4.78, 5) is 14.9. The number of rotatable bonds is 4. The molecule has 0 aromatic heterocycles. The number of benzene rings is 1. The zero-order chi connectivity index (χ0) is 15.3. The van der Waals surface area contributed by atoms with Gasteiger partial charge in [0.05, 0.1) is 6.61 Å². The Morgan fingerprint density at radius 2 is 2.24 bits per heavy atom. The molecule has 1 heterocycles. The van der Waals surface area contributed by atoms with Crippen LogP contribution >= 0.6 is 15.9 Å². The van der Waals surface area contributed by atoms with Crippen molar-refractivity contribution in [1.82, 2.24) is 10.2 Å². The first kappa shape index (κ1) is 16.5. The third-order valence-electron chi connectivity index (χ3n) is 4.03. The van der Waals surface area contributed by atoms with Gasteiger partial charge in [-0.15, -0.1) is 0 Å². The van der Waals surface area contributed by atoms with E-state index < -0.39 is 5.54 Å². The Hall–Kier alpha value is -0.910. The fraction of sp³-hybridized carbons (Fsp3) is 0.562. The number of esters is 1. The summed E-state index contributed by atoms with van der Waals surface area (Å²) < 4.78 is 6.35. The molecule has 116 valence electrons. The molecule has 1 unspecified atom stereocenters. The minimum atomic E-state index is -0.744. The van der Waals surface area contributed by atoms with E-state index in [2.05, 4.69) is 26.1 Å². The minimum Gasteiger partial charge on any atom is -0.464 e. The molecule has 0 spiro atoms. The second-order valence-corrected chi connectivity index (χ2v) is 6.31. The third kappa shape index (κ3) is 3.65. The van der Waals surface area contributed by atoms with Gasteiger partial charge >= 0.3 is 5.97 Å². The van der Waals surface area contributed by atoms with Crippen LogP contribution in [0.3, 0.4) is 0 Å². The SMILES string of the molecule is CCOC(=O)C(C)(c1cccc(Br)c1)N1CCCNCC1. The molecule has 0 radical (unpaired) electrons. The normalized spacial score (nSPS) is 19.6. The summed E-state index contributed by atoms with van der Waals surface area (Å²) in [7, 11) is 0. The van der Waals surface area contributed by atoms with Crippen LogP contribution in [0.15, 0.2) is 28.7 Å². The van der Waals surface area contributed by atoms with Gasteiger partial charge in [0, 0.05) is 24.1 Å². The van der Waals surface area contributed by atoms with Crippen LogP contribution in [0.5, 0.6) is 0 Å². The molecule has 0 aliphatic carbocycles. The first-order chi connectivity index (χ1) is 10.1. The number of nitrogens with zero attached hydrogens (tertiary/aromatic N) is 1. The molecular formula is C16H23BrN2O2. The Kier molecular flexibility index (Phi) is 5.79. The molecule has 0 amide bonds. The molecule has 1 atom stereocenters. The number of halogens is 1. The minimum absolute atomic E-state index is 0.176. The van der Waals surface area contributed by atoms with Crippen LogP contribution in [0.4, 0.5) is 0 Å². The highest BCUT2D eigenvalue weighted by atomic mass is 79.9. The maximum Gasteiger partial charge on any atom is 0.330 e. The van der Waals surface area contributed by atoms with Crippen LogP contribution in [-0.2, 0) is 15.1 Å². The summed E-state index contributed by atoms with van der Waals surface area (Å²) in [5.41, 5.74) is 0.225. The van der Waals surface area contributed by atoms with Gasteiger partial charge in [0.1, 0.15) is 5.54 Å². The average molecular weight is 355 g/mol. The highest BCUT2D eigenvalue weighted by Crippen LogP contribution is 2.32. The van der Waals surface area contributed by atoms with Gasteiger partial charge in [0.2, 0.25) is 0 Å². The number of ether oxygens (including phenoxy) is 1. The van der Waals surface area contributed by atoms with Crippen molar-refractivity contribution in [3.05, 3.63) is 34.3 Å². The lowest BCUT2D eigenvalue weighted by molar-refractivity contribution is -0.157. The molecule has 1 saturated heterocycles. The predicted octanol–water partition coefficient (Wildman–Crippen LogP) is 2.52. The fourth-order valence-electron chi connectivity index (χ4n) is 2.79. The first-order valence-electron chi connectivity index (χ1n) is 7.48. The van der Waals surface area contributed by atoms with Crippen LogP contribution < -0.4 is 5.32 Å². The third-order valence-corrected chi connectivity index (χ3v) is 4.53. The van der Waals surface area contributed by atoms with Gasteiger partial charge in [-0.25, -0.2) is 4.79 Å². The van der Waals surface area contributed by atoms with Crippen LogP contribution in [0.25, 0.3) is 0 Å². The molecule has 1 aliphatic heterocycles. The van der Waals surface area contributed by atoms with E-state index in [0.717, 1.165) is 42.6 Å². The van der Waals surface area contributed by atoms with Crippen LogP contribution in [-0.4, -0.2) is 43.7 Å². The van der Waals surface area contributed by atoms with Crippen molar-refractivity contribution in [1.29, 1.82) is 0 Å². The van der Waals surface area contributed by atoms with E-state index in [9.17, 15) is 4.79 Å². The lowest BCUT2D eigenvalue weighted by Gasteiger charge is -2.39. The van der Waals surface area contributed by atoms with Gasteiger partial charge in [-0.05, 0) is 44.5 Å². The maximum absolute atomic E-state index is 12.7. The maximum atomic E-state index is 12.7. The van der Waals surface area contributed by atoms with Gasteiger partial charge < -0.3 is 10.1 Å². The largest absolute Gasteiger partial charge is 0.464 e. The molecule has 0 bridgehead atoms. The Balaban J connectivity index is 2.40. The quantitative estimate of drug-likeness (QED) is 0.843. The van der Waals surface area contributed by atoms with Crippen molar-refractivity contribution in [2.75, 3.05) is 32.8 Å². The van der Waals surface area contributed by atoms with Gasteiger partial charge in [-0.2, -0.15) is 0 Å². The van der Waals surface area contributed by atoms with E-state index >= 15 is 0 Å². The highest BCUT2D eigenvalue weighted by molar-refractivity contribution is 9.10. The molecular weight excluding hydrogens is 332 g/mol. The first-order valence-corrected chi connectivity index (χ1v) is 8.27. The molecule has 1 aromatic rings. The molecule has 4 nitrogen and oxygen atoms in total. The summed E-state index contributed by atoms with van der Waals surface area (Å²) >= 11 is 3.50. The van der Waals surface area contributed by atoms with E-state index in [1.54, 1.807) is 0 Å². The van der Waals surface area contributed by atoms with Crippen LogP contribution in [0.1, 0.15) is 25.8 Å². The predicted molar refractivity (Wildman–Crippen MR) is 87.2 cm³/mol. The average Bonchev–Trinajstić information content (AvgIpc) is 2.76. The van der Waals surface area contributed by atoms with Gasteiger partial charge in [-0.1, -0.05) is 28.1 Å². The Morgan fingerprint density at radius 1 is 1.43 bits per heavy atom. The Bertz CT molecular complexity index is 487. The number of nitrogens with one attached hydrogen (secondary N) is 1. The van der Waals surface area contributed by atoms with Crippen molar-refractivity contribution in [3.63, 3.8) is 0 Å². The van der Waals surface area contributed by atoms with E-state index in [-0.39, 0.29) is 5.97 Å². The molecule has 1 N–H and O–H groups in total. The monoisotopic (exact) mass is 354 g/mol. The number of hydrogen-bond acceptors (Lipinski definition) is 4. The Morgan fingerprint density at radius 3 is 2.95 bits per heavy atom. The molecule has 2 rings (SSSR count). The van der Waals surface area contributed by atoms with Crippen molar-refractivity contribution in [3.8, 4) is 0 Å². The standard InChI is InChI=1S/C16H23BrN2O2/c1-3-21-15(20)16(2,13-6-4-7-14(17)12-13)19-10-5-8-18-9-11-19/h4,6-7,12,18H,3,5,8-11H2,1-2H3. The topological polar surface area (TPSA) is 41.6 Å². The smallest absolute Gasteiger partial charge is 0.330 e. The Labute approximate surface area is 135 Å². The van der Waals surface area contributed by atoms with Crippen LogP contribution in [0, 0.1) is 0 Å². The summed E-state index contributed by atoms with van der Waals surface area (Å²) in [5.74, 6) is -0.176. The van der Waals surface area contributed by atoms with Gasteiger partial charge in [0.15, 0.2) is 0 Å². The highest BCUT2D eigenvalue weighted by Gasteiger charge is 2.42. The lowest BCUT2D eigenvalue weighted by atomic mass is 9.89. The summed E-state index contributed by atoms with van der Waals surface area (Å²) in [6.45, 7) is 7.82.